The van der Waals surface area contributed by atoms with Gasteiger partial charge in [0.1, 0.15) is 0 Å². The number of aromatic amines is 1. The van der Waals surface area contributed by atoms with Gasteiger partial charge in [0.25, 0.3) is 0 Å². The number of nitrogens with zero attached hydrogens (tertiary/aromatic N) is 4. The summed E-state index contributed by atoms with van der Waals surface area (Å²) in [4.78, 5) is 23.6. The molecule has 1 amide bonds. The van der Waals surface area contributed by atoms with E-state index in [1.807, 2.05) is 56.1 Å². The van der Waals surface area contributed by atoms with Crippen LogP contribution < -0.4 is 20.3 Å². The van der Waals surface area contributed by atoms with Gasteiger partial charge < -0.3 is 20.3 Å². The monoisotopic (exact) mass is 441 g/mol. The average Bonchev–Trinajstić information content (AvgIpc) is 3.14. The van der Waals surface area contributed by atoms with Gasteiger partial charge in [0.15, 0.2) is 22.6 Å². The molecule has 0 saturated carbocycles. The minimum atomic E-state index is -0.105. The smallest absolute Gasteiger partial charge is 0.221 e. The van der Waals surface area contributed by atoms with Gasteiger partial charge in [0.05, 0.1) is 6.61 Å². The van der Waals surface area contributed by atoms with Gasteiger partial charge in [-0.05, 0) is 56.8 Å². The number of nitrogens with one attached hydrogen (secondary N) is 3. The second-order valence-corrected chi connectivity index (χ2v) is 7.86. The van der Waals surface area contributed by atoms with Crippen LogP contribution in [0.4, 0.5) is 23.1 Å². The molecule has 0 bridgehead atoms. The molecule has 0 fully saturated rings. The van der Waals surface area contributed by atoms with E-state index in [-0.39, 0.29) is 5.91 Å². The Labute approximate surface area is 186 Å². The van der Waals surface area contributed by atoms with Crippen molar-refractivity contribution in [1.29, 1.82) is 0 Å². The zero-order valence-electron chi connectivity index (χ0n) is 18.3. The van der Waals surface area contributed by atoms with Crippen LogP contribution in [0.5, 0.6) is 5.75 Å². The number of rotatable bonds is 9. The van der Waals surface area contributed by atoms with E-state index in [1.165, 1.54) is 18.7 Å². The Bertz CT molecular complexity index is 1040. The van der Waals surface area contributed by atoms with Gasteiger partial charge in [-0.2, -0.15) is 5.10 Å². The highest BCUT2D eigenvalue weighted by atomic mass is 32.2. The Hall–Kier alpha value is -3.27. The second kappa shape index (κ2) is 10.2. The highest BCUT2D eigenvalue weighted by Crippen LogP contribution is 2.38. The van der Waals surface area contributed by atoms with Gasteiger partial charge in [0, 0.05) is 42.9 Å². The molecular formula is C21H27N7O2S. The van der Waals surface area contributed by atoms with Gasteiger partial charge in [0.2, 0.25) is 11.7 Å². The summed E-state index contributed by atoms with van der Waals surface area (Å²) in [6, 6.07) is 9.44. The first-order valence-corrected chi connectivity index (χ1v) is 10.8. The predicted octanol–water partition coefficient (Wildman–Crippen LogP) is 4.22. The number of H-pyrrole nitrogens is 1. The predicted molar refractivity (Wildman–Crippen MR) is 124 cm³/mol. The van der Waals surface area contributed by atoms with Gasteiger partial charge in [-0.25, -0.2) is 9.97 Å². The number of benzene rings is 1. The molecule has 9 nitrogen and oxygen atoms in total. The van der Waals surface area contributed by atoms with E-state index < -0.39 is 0 Å². The Morgan fingerprint density at radius 2 is 1.97 bits per heavy atom. The van der Waals surface area contributed by atoms with Crippen molar-refractivity contribution in [3.05, 3.63) is 36.0 Å². The van der Waals surface area contributed by atoms with Crippen LogP contribution >= 0.6 is 11.8 Å². The summed E-state index contributed by atoms with van der Waals surface area (Å²) in [6.07, 6.45) is 0. The van der Waals surface area contributed by atoms with Crippen molar-refractivity contribution in [3.8, 4) is 5.75 Å². The van der Waals surface area contributed by atoms with Crippen LogP contribution in [0.1, 0.15) is 26.5 Å². The van der Waals surface area contributed by atoms with E-state index in [2.05, 4.69) is 27.8 Å². The topological polar surface area (TPSA) is 108 Å². The molecule has 0 aliphatic carbocycles. The molecule has 0 aliphatic heterocycles. The third-order valence-corrected chi connectivity index (χ3v) is 5.16. The van der Waals surface area contributed by atoms with Crippen LogP contribution in [-0.2, 0) is 4.79 Å². The second-order valence-electron chi connectivity index (χ2n) is 6.82. The van der Waals surface area contributed by atoms with Gasteiger partial charge in [-0.15, -0.1) is 0 Å². The van der Waals surface area contributed by atoms with Crippen LogP contribution in [0.2, 0.25) is 0 Å². The van der Waals surface area contributed by atoms with Crippen molar-refractivity contribution in [2.45, 2.75) is 37.7 Å². The lowest BCUT2D eigenvalue weighted by molar-refractivity contribution is -0.114. The molecule has 0 unspecified atom stereocenters. The molecule has 0 atom stereocenters. The number of hydrogen-bond donors (Lipinski definition) is 3. The minimum Gasteiger partial charge on any atom is -0.487 e. The normalized spacial score (nSPS) is 10.6. The molecule has 3 N–H and O–H groups in total. The maximum absolute atomic E-state index is 11.2. The number of anilines is 4. The third kappa shape index (κ3) is 5.88. The lowest BCUT2D eigenvalue weighted by Crippen LogP contribution is -2.20. The molecule has 0 aliphatic rings. The van der Waals surface area contributed by atoms with Crippen LogP contribution in [0.25, 0.3) is 0 Å². The number of amides is 1. The molecule has 10 heteroatoms. The number of hydrogen-bond acceptors (Lipinski definition) is 8. The Morgan fingerprint density at radius 3 is 2.55 bits per heavy atom. The standard InChI is InChI=1S/C21H27N7O2S/c1-6-28(5)20-18(30-7-2)19(23-17-12-13(3)26-27-17)24-21(25-20)31-16-10-8-15(9-11-16)22-14(4)29/h8-12H,6-7H2,1-5H3,(H,22,29)(H2,23,24,25,26,27). The highest BCUT2D eigenvalue weighted by Gasteiger charge is 2.20. The Morgan fingerprint density at radius 1 is 1.23 bits per heavy atom. The Balaban J connectivity index is 1.96. The van der Waals surface area contributed by atoms with E-state index in [4.69, 9.17) is 14.7 Å². The highest BCUT2D eigenvalue weighted by molar-refractivity contribution is 7.99. The van der Waals surface area contributed by atoms with Gasteiger partial charge in [-0.1, -0.05) is 0 Å². The van der Waals surface area contributed by atoms with Crippen LogP contribution in [0, 0.1) is 6.92 Å². The van der Waals surface area contributed by atoms with Crippen LogP contribution in [0.3, 0.4) is 0 Å². The van der Waals surface area contributed by atoms with Crippen LogP contribution in [-0.4, -0.2) is 46.3 Å². The molecule has 2 heterocycles. The van der Waals surface area contributed by atoms with E-state index in [1.54, 1.807) is 0 Å². The van der Waals surface area contributed by atoms with Crippen molar-refractivity contribution in [3.63, 3.8) is 0 Å². The van der Waals surface area contributed by atoms with Crippen molar-refractivity contribution < 1.29 is 9.53 Å². The number of aryl methyl sites for hydroxylation is 1. The minimum absolute atomic E-state index is 0.105. The Kier molecular flexibility index (Phi) is 7.35. The number of carbonyl (C=O) groups excluding carboxylic acids is 1. The number of ether oxygens (including phenoxy) is 1. The maximum atomic E-state index is 11.2. The summed E-state index contributed by atoms with van der Waals surface area (Å²) in [5, 5.41) is 13.8. The maximum Gasteiger partial charge on any atom is 0.221 e. The molecule has 0 spiro atoms. The third-order valence-electron chi connectivity index (χ3n) is 4.29. The molecular weight excluding hydrogens is 414 g/mol. The first-order valence-electron chi connectivity index (χ1n) is 10.00. The van der Waals surface area contributed by atoms with Crippen molar-refractivity contribution in [1.82, 2.24) is 20.2 Å². The summed E-state index contributed by atoms with van der Waals surface area (Å²) in [7, 11) is 1.96. The van der Waals surface area contributed by atoms with Gasteiger partial charge in [-0.3, -0.25) is 9.89 Å². The van der Waals surface area contributed by atoms with E-state index >= 15 is 0 Å². The van der Waals surface area contributed by atoms with Crippen molar-refractivity contribution in [2.75, 3.05) is 35.7 Å². The largest absolute Gasteiger partial charge is 0.487 e. The van der Waals surface area contributed by atoms with Gasteiger partial charge >= 0.3 is 0 Å². The molecule has 164 valence electrons. The summed E-state index contributed by atoms with van der Waals surface area (Å²) in [5.74, 6) is 2.38. The van der Waals surface area contributed by atoms with E-state index in [9.17, 15) is 4.79 Å². The quantitative estimate of drug-likeness (QED) is 0.424. The fourth-order valence-corrected chi connectivity index (χ4v) is 3.51. The zero-order chi connectivity index (χ0) is 22.4. The summed E-state index contributed by atoms with van der Waals surface area (Å²) >= 11 is 1.43. The first kappa shape index (κ1) is 22.4. The molecule has 1 aromatic carbocycles. The molecule has 2 aromatic heterocycles. The van der Waals surface area contributed by atoms with Crippen LogP contribution in [0.15, 0.2) is 40.4 Å². The fourth-order valence-electron chi connectivity index (χ4n) is 2.75. The average molecular weight is 442 g/mol. The summed E-state index contributed by atoms with van der Waals surface area (Å²) < 4.78 is 5.91. The van der Waals surface area contributed by atoms with E-state index in [0.29, 0.717) is 35.0 Å². The molecule has 0 radical (unpaired) electrons. The molecule has 3 rings (SSSR count). The SMILES string of the molecule is CCOc1c(Nc2cc(C)[nH]n2)nc(Sc2ccc(NC(C)=O)cc2)nc1N(C)CC. The lowest BCUT2D eigenvalue weighted by atomic mass is 10.3. The molecule has 0 saturated heterocycles. The number of carbonyl (C=O) groups is 1. The number of aromatic nitrogens is 4. The summed E-state index contributed by atoms with van der Waals surface area (Å²) in [6.45, 7) is 8.64. The lowest BCUT2D eigenvalue weighted by Gasteiger charge is -2.22. The van der Waals surface area contributed by atoms with Crippen molar-refractivity contribution in [2.24, 2.45) is 0 Å². The summed E-state index contributed by atoms with van der Waals surface area (Å²) in [5.41, 5.74) is 1.68. The molecule has 3 aromatic rings. The zero-order valence-corrected chi connectivity index (χ0v) is 19.1. The fraction of sp³-hybridized carbons (Fsp3) is 0.333. The molecule has 31 heavy (non-hydrogen) atoms. The van der Waals surface area contributed by atoms with E-state index in [0.717, 1.165) is 22.8 Å². The first-order chi connectivity index (χ1) is 14.9. The van der Waals surface area contributed by atoms with Crippen molar-refractivity contribution >= 4 is 40.8 Å².